The molecule has 114 valence electrons. The van der Waals surface area contributed by atoms with Crippen molar-refractivity contribution in [3.63, 3.8) is 0 Å². The molecule has 0 aliphatic heterocycles. The van der Waals surface area contributed by atoms with Crippen molar-refractivity contribution in [1.29, 1.82) is 0 Å². The van der Waals surface area contributed by atoms with Gasteiger partial charge in [0.05, 0.1) is 11.5 Å². The molecule has 3 nitrogen and oxygen atoms in total. The molecule has 1 amide bonds. The van der Waals surface area contributed by atoms with E-state index in [1.165, 1.54) is 17.3 Å². The van der Waals surface area contributed by atoms with Crippen molar-refractivity contribution in [1.82, 2.24) is 5.43 Å². The van der Waals surface area contributed by atoms with Crippen LogP contribution in [0.1, 0.15) is 18.1 Å². The van der Waals surface area contributed by atoms with Crippen LogP contribution in [0, 0.1) is 6.92 Å². The average Bonchev–Trinajstić information content (AvgIpc) is 2.52. The minimum absolute atomic E-state index is 0.133. The van der Waals surface area contributed by atoms with E-state index in [-0.39, 0.29) is 5.91 Å². The van der Waals surface area contributed by atoms with Gasteiger partial charge in [-0.25, -0.2) is 5.43 Å². The number of thioether (sulfide) groups is 1. The highest BCUT2D eigenvalue weighted by Crippen LogP contribution is 2.19. The maximum Gasteiger partial charge on any atom is 0.250 e. The van der Waals surface area contributed by atoms with Crippen LogP contribution < -0.4 is 5.43 Å². The van der Waals surface area contributed by atoms with Gasteiger partial charge in [0.15, 0.2) is 0 Å². The van der Waals surface area contributed by atoms with E-state index in [1.807, 2.05) is 62.4 Å². The lowest BCUT2D eigenvalue weighted by Gasteiger charge is -2.04. The van der Waals surface area contributed by atoms with Crippen LogP contribution >= 0.6 is 23.4 Å². The molecule has 0 atom stereocenters. The standard InChI is InChI=1S/C17H17ClN2OS/c1-12-3-5-14(6-4-12)13(2)19-20-17(21)11-22-16-9-7-15(18)8-10-16/h3-10H,11H2,1-2H3,(H,20,21)/b19-13-. The minimum Gasteiger partial charge on any atom is -0.272 e. The molecule has 2 aromatic rings. The van der Waals surface area contributed by atoms with Crippen molar-refractivity contribution in [2.75, 3.05) is 5.75 Å². The SMILES string of the molecule is C/C(=N/NC(=O)CSc1ccc(Cl)cc1)c1ccc(C)cc1. The third-order valence-electron chi connectivity index (χ3n) is 3.00. The average molecular weight is 333 g/mol. The summed E-state index contributed by atoms with van der Waals surface area (Å²) in [5, 5.41) is 4.82. The van der Waals surface area contributed by atoms with E-state index < -0.39 is 0 Å². The summed E-state index contributed by atoms with van der Waals surface area (Å²) in [6.07, 6.45) is 0. The van der Waals surface area contributed by atoms with Gasteiger partial charge < -0.3 is 0 Å². The first-order chi connectivity index (χ1) is 10.5. The number of carbonyl (C=O) groups excluding carboxylic acids is 1. The molecule has 22 heavy (non-hydrogen) atoms. The molecule has 2 aromatic carbocycles. The molecule has 0 saturated heterocycles. The molecule has 0 heterocycles. The highest BCUT2D eigenvalue weighted by atomic mass is 35.5. The largest absolute Gasteiger partial charge is 0.272 e. The van der Waals surface area contributed by atoms with Gasteiger partial charge in [0.1, 0.15) is 0 Å². The number of hydrazone groups is 1. The van der Waals surface area contributed by atoms with Crippen LogP contribution in [-0.4, -0.2) is 17.4 Å². The molecule has 0 aliphatic carbocycles. The fourth-order valence-electron chi connectivity index (χ4n) is 1.72. The van der Waals surface area contributed by atoms with E-state index in [4.69, 9.17) is 11.6 Å². The molecule has 1 N–H and O–H groups in total. The molecule has 0 saturated carbocycles. The van der Waals surface area contributed by atoms with Crippen LogP contribution in [0.2, 0.25) is 5.02 Å². The second kappa shape index (κ2) is 8.01. The van der Waals surface area contributed by atoms with Crippen LogP contribution in [0.5, 0.6) is 0 Å². The van der Waals surface area contributed by atoms with Gasteiger partial charge in [0.2, 0.25) is 5.91 Å². The molecule has 0 aromatic heterocycles. The minimum atomic E-state index is -0.133. The molecule has 0 bridgehead atoms. The lowest BCUT2D eigenvalue weighted by Crippen LogP contribution is -2.21. The fraction of sp³-hybridized carbons (Fsp3) is 0.176. The Balaban J connectivity index is 1.85. The van der Waals surface area contributed by atoms with Crippen LogP contribution in [-0.2, 0) is 4.79 Å². The number of halogens is 1. The molecular weight excluding hydrogens is 316 g/mol. The van der Waals surface area contributed by atoms with Crippen molar-refractivity contribution in [3.05, 3.63) is 64.7 Å². The third kappa shape index (κ3) is 5.20. The number of hydrogen-bond acceptors (Lipinski definition) is 3. The Morgan fingerprint density at radius 1 is 1.14 bits per heavy atom. The van der Waals surface area contributed by atoms with E-state index in [9.17, 15) is 4.79 Å². The molecule has 0 fully saturated rings. The Hall–Kier alpha value is -1.78. The van der Waals surface area contributed by atoms with Crippen LogP contribution in [0.4, 0.5) is 0 Å². The van der Waals surface area contributed by atoms with Gasteiger partial charge in [-0.15, -0.1) is 11.8 Å². The predicted octanol–water partition coefficient (Wildman–Crippen LogP) is 4.28. The third-order valence-corrected chi connectivity index (χ3v) is 4.27. The first-order valence-corrected chi connectivity index (χ1v) is 8.19. The molecule has 2 rings (SSSR count). The summed E-state index contributed by atoms with van der Waals surface area (Å²) in [6, 6.07) is 15.4. The van der Waals surface area contributed by atoms with Crippen LogP contribution in [0.25, 0.3) is 0 Å². The number of nitrogens with zero attached hydrogens (tertiary/aromatic N) is 1. The van der Waals surface area contributed by atoms with E-state index in [0.717, 1.165) is 16.2 Å². The lowest BCUT2D eigenvalue weighted by molar-refractivity contribution is -0.118. The highest BCUT2D eigenvalue weighted by molar-refractivity contribution is 8.00. The molecule has 0 spiro atoms. The second-order valence-electron chi connectivity index (χ2n) is 4.84. The topological polar surface area (TPSA) is 41.5 Å². The Morgan fingerprint density at radius 3 is 2.41 bits per heavy atom. The van der Waals surface area contributed by atoms with Gasteiger partial charge in [-0.05, 0) is 43.7 Å². The number of rotatable bonds is 5. The second-order valence-corrected chi connectivity index (χ2v) is 6.33. The number of benzene rings is 2. The quantitative estimate of drug-likeness (QED) is 0.504. The van der Waals surface area contributed by atoms with Crippen molar-refractivity contribution in [2.45, 2.75) is 18.7 Å². The zero-order chi connectivity index (χ0) is 15.9. The highest BCUT2D eigenvalue weighted by Gasteiger charge is 2.03. The van der Waals surface area contributed by atoms with Gasteiger partial charge in [-0.3, -0.25) is 4.79 Å². The fourth-order valence-corrected chi connectivity index (χ4v) is 2.53. The van der Waals surface area contributed by atoms with Gasteiger partial charge in [-0.2, -0.15) is 5.10 Å². The lowest BCUT2D eigenvalue weighted by atomic mass is 10.1. The summed E-state index contributed by atoms with van der Waals surface area (Å²) >= 11 is 7.27. The maximum absolute atomic E-state index is 11.8. The zero-order valence-electron chi connectivity index (χ0n) is 12.5. The smallest absolute Gasteiger partial charge is 0.250 e. The van der Waals surface area contributed by atoms with Crippen molar-refractivity contribution in [3.8, 4) is 0 Å². The summed E-state index contributed by atoms with van der Waals surface area (Å²) < 4.78 is 0. The molecule has 0 radical (unpaired) electrons. The Bertz CT molecular complexity index is 666. The monoisotopic (exact) mass is 332 g/mol. The number of amides is 1. The summed E-state index contributed by atoms with van der Waals surface area (Å²) in [6.45, 7) is 3.91. The predicted molar refractivity (Wildman–Crippen MR) is 93.7 cm³/mol. The first kappa shape index (κ1) is 16.6. The van der Waals surface area contributed by atoms with Gasteiger partial charge in [0, 0.05) is 9.92 Å². The number of aryl methyl sites for hydroxylation is 1. The van der Waals surface area contributed by atoms with E-state index in [0.29, 0.717) is 10.8 Å². The van der Waals surface area contributed by atoms with Gasteiger partial charge in [0.25, 0.3) is 0 Å². The van der Waals surface area contributed by atoms with E-state index in [2.05, 4.69) is 10.5 Å². The summed E-state index contributed by atoms with van der Waals surface area (Å²) in [7, 11) is 0. The Labute approximate surface area is 139 Å². The van der Waals surface area contributed by atoms with E-state index in [1.54, 1.807) is 0 Å². The van der Waals surface area contributed by atoms with Crippen LogP contribution in [0.3, 0.4) is 0 Å². The Morgan fingerprint density at radius 2 is 1.77 bits per heavy atom. The Kier molecular flexibility index (Phi) is 6.04. The summed E-state index contributed by atoms with van der Waals surface area (Å²) in [4.78, 5) is 12.8. The zero-order valence-corrected chi connectivity index (χ0v) is 14.0. The normalized spacial score (nSPS) is 11.3. The number of nitrogens with one attached hydrogen (secondary N) is 1. The molecule has 0 aliphatic rings. The number of carbonyl (C=O) groups is 1. The number of hydrogen-bond donors (Lipinski definition) is 1. The summed E-state index contributed by atoms with van der Waals surface area (Å²) in [5.74, 6) is 0.179. The van der Waals surface area contributed by atoms with Crippen LogP contribution in [0.15, 0.2) is 58.5 Å². The van der Waals surface area contributed by atoms with E-state index >= 15 is 0 Å². The van der Waals surface area contributed by atoms with Crippen molar-refractivity contribution < 1.29 is 4.79 Å². The van der Waals surface area contributed by atoms with Gasteiger partial charge >= 0.3 is 0 Å². The first-order valence-electron chi connectivity index (χ1n) is 6.83. The molecule has 5 heteroatoms. The molecule has 0 unspecified atom stereocenters. The maximum atomic E-state index is 11.8. The van der Waals surface area contributed by atoms with Crippen molar-refractivity contribution in [2.24, 2.45) is 5.10 Å². The summed E-state index contributed by atoms with van der Waals surface area (Å²) in [5.41, 5.74) is 5.55. The molecular formula is C17H17ClN2OS. The van der Waals surface area contributed by atoms with Gasteiger partial charge in [-0.1, -0.05) is 41.4 Å². The van der Waals surface area contributed by atoms with Crippen molar-refractivity contribution >= 4 is 35.0 Å².